The second kappa shape index (κ2) is 9.72. The summed E-state index contributed by atoms with van der Waals surface area (Å²) in [5.41, 5.74) is 5.93. The van der Waals surface area contributed by atoms with Gasteiger partial charge in [0.1, 0.15) is 5.82 Å². The summed E-state index contributed by atoms with van der Waals surface area (Å²) in [6.45, 7) is 4.01. The smallest absolute Gasteiger partial charge is 0.127 e. The highest BCUT2D eigenvalue weighted by Gasteiger charge is 2.03. The molecule has 0 aliphatic rings. The van der Waals surface area contributed by atoms with Crippen LogP contribution in [0.1, 0.15) is 42.5 Å². The first kappa shape index (κ1) is 19.6. The van der Waals surface area contributed by atoms with Crippen molar-refractivity contribution in [3.8, 4) is 23.0 Å². The van der Waals surface area contributed by atoms with E-state index in [2.05, 4.69) is 48.3 Å². The second-order valence-corrected chi connectivity index (χ2v) is 6.79. The number of hydrogen-bond acceptors (Lipinski definition) is 0. The lowest BCUT2D eigenvalue weighted by atomic mass is 10.0. The second-order valence-electron chi connectivity index (χ2n) is 6.79. The van der Waals surface area contributed by atoms with Gasteiger partial charge in [0.15, 0.2) is 0 Å². The predicted molar refractivity (Wildman–Crippen MR) is 117 cm³/mol. The van der Waals surface area contributed by atoms with Crippen molar-refractivity contribution in [1.82, 2.24) is 0 Å². The van der Waals surface area contributed by atoms with Crippen LogP contribution in [0.25, 0.3) is 11.1 Å². The molecule has 0 bridgehead atoms. The molecule has 0 N–H and O–H groups in total. The van der Waals surface area contributed by atoms with Crippen LogP contribution in [-0.4, -0.2) is 0 Å². The van der Waals surface area contributed by atoms with E-state index in [9.17, 15) is 4.39 Å². The van der Waals surface area contributed by atoms with Crippen molar-refractivity contribution in [1.29, 1.82) is 0 Å². The average molecular weight is 368 g/mol. The number of allylic oxidation sites excluding steroid dienone is 2. The Hall–Kier alpha value is -3.11. The first-order valence-corrected chi connectivity index (χ1v) is 9.80. The molecule has 0 nitrogen and oxygen atoms in total. The monoisotopic (exact) mass is 368 g/mol. The molecule has 0 atom stereocenters. The summed E-state index contributed by atoms with van der Waals surface area (Å²) in [6.07, 6.45) is 7.10. The largest absolute Gasteiger partial charge is 0.207 e. The molecule has 0 aliphatic carbocycles. The van der Waals surface area contributed by atoms with Gasteiger partial charge < -0.3 is 0 Å². The number of rotatable bonds is 5. The van der Waals surface area contributed by atoms with Crippen LogP contribution in [0.5, 0.6) is 0 Å². The summed E-state index contributed by atoms with van der Waals surface area (Å²) in [5, 5.41) is 0. The topological polar surface area (TPSA) is 0 Å². The molecule has 0 aromatic heterocycles. The van der Waals surface area contributed by atoms with Gasteiger partial charge in [0.05, 0.1) is 0 Å². The van der Waals surface area contributed by atoms with Crippen molar-refractivity contribution >= 4 is 0 Å². The fraction of sp³-hybridized carbons (Fsp3) is 0.185. The first-order chi connectivity index (χ1) is 13.7. The molecule has 0 spiro atoms. The summed E-state index contributed by atoms with van der Waals surface area (Å²) < 4.78 is 14.0. The summed E-state index contributed by atoms with van der Waals surface area (Å²) in [6, 6.07) is 21.8. The van der Waals surface area contributed by atoms with E-state index in [0.29, 0.717) is 6.42 Å². The maximum atomic E-state index is 14.0. The molecule has 0 saturated carbocycles. The van der Waals surface area contributed by atoms with Gasteiger partial charge in [0.2, 0.25) is 0 Å². The first-order valence-electron chi connectivity index (χ1n) is 9.80. The summed E-state index contributed by atoms with van der Waals surface area (Å²) >= 11 is 0. The quantitative estimate of drug-likeness (QED) is 0.337. The van der Waals surface area contributed by atoms with E-state index in [1.165, 1.54) is 5.56 Å². The lowest BCUT2D eigenvalue weighted by Crippen LogP contribution is -1.88. The van der Waals surface area contributed by atoms with Crippen LogP contribution >= 0.6 is 0 Å². The Bertz CT molecular complexity index is 997. The third-order valence-corrected chi connectivity index (χ3v) is 4.79. The van der Waals surface area contributed by atoms with Gasteiger partial charge in [-0.15, -0.1) is 0 Å². The molecule has 0 saturated heterocycles. The van der Waals surface area contributed by atoms with Crippen LogP contribution in [0.2, 0.25) is 0 Å². The molecule has 3 aromatic carbocycles. The van der Waals surface area contributed by atoms with Gasteiger partial charge >= 0.3 is 0 Å². The summed E-state index contributed by atoms with van der Waals surface area (Å²) in [5.74, 6) is 6.28. The lowest BCUT2D eigenvalue weighted by molar-refractivity contribution is 0.613. The highest BCUT2D eigenvalue weighted by molar-refractivity contribution is 5.65. The number of aryl methyl sites for hydroxylation is 2. The van der Waals surface area contributed by atoms with Crippen molar-refractivity contribution in [3.05, 3.63) is 107 Å². The molecule has 0 aliphatic heterocycles. The van der Waals surface area contributed by atoms with Gasteiger partial charge in [-0.3, -0.25) is 0 Å². The molecule has 3 aromatic rings. The van der Waals surface area contributed by atoms with E-state index >= 15 is 0 Å². The Balaban J connectivity index is 1.69. The van der Waals surface area contributed by atoms with Crippen LogP contribution < -0.4 is 0 Å². The molecule has 140 valence electrons. The summed E-state index contributed by atoms with van der Waals surface area (Å²) in [4.78, 5) is 0. The fourth-order valence-corrected chi connectivity index (χ4v) is 3.08. The van der Waals surface area contributed by atoms with E-state index in [1.54, 1.807) is 6.07 Å². The maximum absolute atomic E-state index is 14.0. The Morgan fingerprint density at radius 1 is 0.821 bits per heavy atom. The van der Waals surface area contributed by atoms with Gasteiger partial charge in [-0.25, -0.2) is 4.39 Å². The van der Waals surface area contributed by atoms with Crippen molar-refractivity contribution in [3.63, 3.8) is 0 Å². The van der Waals surface area contributed by atoms with Gasteiger partial charge in [0.25, 0.3) is 0 Å². The normalized spacial score (nSPS) is 10.7. The minimum atomic E-state index is -0.141. The molecule has 28 heavy (non-hydrogen) atoms. The third-order valence-electron chi connectivity index (χ3n) is 4.79. The van der Waals surface area contributed by atoms with Gasteiger partial charge in [-0.05, 0) is 78.8 Å². The van der Waals surface area contributed by atoms with Crippen molar-refractivity contribution in [2.45, 2.75) is 33.1 Å². The third kappa shape index (κ3) is 5.21. The molecule has 1 heteroatoms. The zero-order valence-corrected chi connectivity index (χ0v) is 16.5. The van der Waals surface area contributed by atoms with E-state index in [-0.39, 0.29) is 5.82 Å². The molecule has 3 rings (SSSR count). The molecule has 0 amide bonds. The molecule has 0 fully saturated rings. The maximum Gasteiger partial charge on any atom is 0.127 e. The van der Waals surface area contributed by atoms with E-state index in [4.69, 9.17) is 0 Å². The minimum absolute atomic E-state index is 0.141. The SMILES string of the molecule is C/C=C/CCc1ccc(C#Cc2ccc(-c3ccc(CC)c(F)c3)cc2)cc1. The Morgan fingerprint density at radius 2 is 1.43 bits per heavy atom. The minimum Gasteiger partial charge on any atom is -0.207 e. The van der Waals surface area contributed by atoms with Gasteiger partial charge in [-0.2, -0.15) is 0 Å². The van der Waals surface area contributed by atoms with E-state index in [0.717, 1.165) is 40.7 Å². The standard InChI is InChI=1S/C27H25F/c1-3-5-6-7-21-8-10-22(11-9-21)12-13-23-14-16-25(17-15-23)26-19-18-24(4-2)27(28)20-26/h3,5,8-11,14-20H,4,6-7H2,1-2H3/b5-3+. The van der Waals surface area contributed by atoms with Crippen LogP contribution in [0.4, 0.5) is 4.39 Å². The van der Waals surface area contributed by atoms with E-state index in [1.807, 2.05) is 50.2 Å². The van der Waals surface area contributed by atoms with Crippen LogP contribution in [0.15, 0.2) is 78.9 Å². The average Bonchev–Trinajstić information content (AvgIpc) is 2.74. The highest BCUT2D eigenvalue weighted by atomic mass is 19.1. The lowest BCUT2D eigenvalue weighted by Gasteiger charge is -2.05. The molecule has 0 heterocycles. The number of benzene rings is 3. The fourth-order valence-electron chi connectivity index (χ4n) is 3.08. The molecule has 0 radical (unpaired) electrons. The van der Waals surface area contributed by atoms with Crippen LogP contribution in [-0.2, 0) is 12.8 Å². The van der Waals surface area contributed by atoms with Crippen molar-refractivity contribution < 1.29 is 4.39 Å². The van der Waals surface area contributed by atoms with Crippen LogP contribution in [0.3, 0.4) is 0 Å². The van der Waals surface area contributed by atoms with Crippen molar-refractivity contribution in [2.75, 3.05) is 0 Å². The van der Waals surface area contributed by atoms with Crippen molar-refractivity contribution in [2.24, 2.45) is 0 Å². The predicted octanol–water partition coefficient (Wildman–Crippen LogP) is 6.96. The summed E-state index contributed by atoms with van der Waals surface area (Å²) in [7, 11) is 0. The zero-order chi connectivity index (χ0) is 19.8. The molecular weight excluding hydrogens is 343 g/mol. The Morgan fingerprint density at radius 3 is 2.00 bits per heavy atom. The van der Waals surface area contributed by atoms with Gasteiger partial charge in [0, 0.05) is 11.1 Å². The Kier molecular flexibility index (Phi) is 6.82. The molecule has 0 unspecified atom stereocenters. The highest BCUT2D eigenvalue weighted by Crippen LogP contribution is 2.22. The zero-order valence-electron chi connectivity index (χ0n) is 16.5. The van der Waals surface area contributed by atoms with E-state index < -0.39 is 0 Å². The number of hydrogen-bond donors (Lipinski definition) is 0. The Labute approximate surface area is 167 Å². The van der Waals surface area contributed by atoms with Crippen LogP contribution in [0, 0.1) is 17.7 Å². The molecular formula is C27H25F. The number of halogens is 1. The van der Waals surface area contributed by atoms with Gasteiger partial charge in [-0.1, -0.05) is 67.3 Å².